The Morgan fingerprint density at radius 3 is 2.63 bits per heavy atom. The molecule has 5 heteroatoms. The highest BCUT2D eigenvalue weighted by Gasteiger charge is 2.13. The van der Waals surface area contributed by atoms with Crippen LogP contribution in [0.5, 0.6) is 0 Å². The number of hydrogen-bond donors (Lipinski definition) is 4. The van der Waals surface area contributed by atoms with E-state index in [1.165, 1.54) is 0 Å². The van der Waals surface area contributed by atoms with Crippen LogP contribution in [0.15, 0.2) is 18.2 Å². The van der Waals surface area contributed by atoms with E-state index >= 15 is 0 Å². The fourth-order valence-electron chi connectivity index (χ4n) is 1.64. The van der Waals surface area contributed by atoms with Gasteiger partial charge in [-0.05, 0) is 38.0 Å². The quantitative estimate of drug-likeness (QED) is 0.586. The first-order valence-electron chi connectivity index (χ1n) is 6.54. The van der Waals surface area contributed by atoms with Gasteiger partial charge in [0.2, 0.25) is 0 Å². The van der Waals surface area contributed by atoms with Crippen molar-refractivity contribution in [2.45, 2.75) is 26.8 Å². The first-order valence-corrected chi connectivity index (χ1v) is 6.54. The van der Waals surface area contributed by atoms with Crippen LogP contribution in [0.4, 0.5) is 11.4 Å². The summed E-state index contributed by atoms with van der Waals surface area (Å²) < 4.78 is 0. The van der Waals surface area contributed by atoms with E-state index in [1.807, 2.05) is 20.8 Å². The molecule has 0 heterocycles. The Labute approximate surface area is 114 Å². The van der Waals surface area contributed by atoms with Crippen molar-refractivity contribution < 1.29 is 9.90 Å². The number of carbonyl (C=O) groups is 1. The number of anilines is 2. The number of rotatable bonds is 6. The highest BCUT2D eigenvalue weighted by atomic mass is 16.3. The molecule has 1 amide bonds. The number of nitrogens with two attached hydrogens (primary N) is 1. The number of aliphatic hydroxyl groups is 1. The summed E-state index contributed by atoms with van der Waals surface area (Å²) in [4.78, 5) is 11.7. The molecule has 1 aromatic rings. The van der Waals surface area contributed by atoms with Gasteiger partial charge in [0.05, 0.1) is 11.4 Å². The van der Waals surface area contributed by atoms with Crippen LogP contribution in [0.3, 0.4) is 0 Å². The molecular formula is C14H23N3O2. The van der Waals surface area contributed by atoms with Gasteiger partial charge in [0.25, 0.3) is 5.91 Å². The molecule has 0 aliphatic carbocycles. The van der Waals surface area contributed by atoms with Crippen LogP contribution in [-0.2, 0) is 0 Å². The van der Waals surface area contributed by atoms with E-state index < -0.39 is 0 Å². The van der Waals surface area contributed by atoms with Gasteiger partial charge in [-0.1, -0.05) is 6.92 Å². The molecule has 5 nitrogen and oxygen atoms in total. The lowest BCUT2D eigenvalue weighted by atomic mass is 10.0. The lowest BCUT2D eigenvalue weighted by molar-refractivity contribution is 0.0956. The summed E-state index contributed by atoms with van der Waals surface area (Å²) in [6, 6.07) is 5.28. The van der Waals surface area contributed by atoms with Crippen LogP contribution in [0, 0.1) is 5.92 Å². The van der Waals surface area contributed by atoms with Crippen LogP contribution >= 0.6 is 0 Å². The lowest BCUT2D eigenvalue weighted by Gasteiger charge is -2.21. The van der Waals surface area contributed by atoms with Crippen molar-refractivity contribution in [2.75, 3.05) is 24.2 Å². The molecule has 19 heavy (non-hydrogen) atoms. The summed E-state index contributed by atoms with van der Waals surface area (Å²) in [7, 11) is 0. The monoisotopic (exact) mass is 265 g/mol. The number of nitrogens with one attached hydrogen (secondary N) is 2. The summed E-state index contributed by atoms with van der Waals surface area (Å²) in [6.45, 7) is 6.51. The molecule has 0 spiro atoms. The number of aliphatic hydroxyl groups excluding tert-OH is 1. The maximum atomic E-state index is 11.7. The number of hydrogen-bond acceptors (Lipinski definition) is 4. The minimum atomic E-state index is -0.127. The minimum Gasteiger partial charge on any atom is -0.397 e. The maximum Gasteiger partial charge on any atom is 0.251 e. The summed E-state index contributed by atoms with van der Waals surface area (Å²) in [5.74, 6) is -0.00000810. The van der Waals surface area contributed by atoms with Crippen molar-refractivity contribution in [2.24, 2.45) is 5.92 Å². The minimum absolute atomic E-state index is 0.0996. The second-order valence-corrected chi connectivity index (χ2v) is 4.75. The van der Waals surface area contributed by atoms with E-state index in [0.29, 0.717) is 17.8 Å². The number of benzene rings is 1. The van der Waals surface area contributed by atoms with Crippen molar-refractivity contribution in [1.29, 1.82) is 0 Å². The lowest BCUT2D eigenvalue weighted by Crippen LogP contribution is -2.27. The van der Waals surface area contributed by atoms with E-state index in [1.54, 1.807) is 18.2 Å². The highest BCUT2D eigenvalue weighted by Crippen LogP contribution is 2.22. The molecule has 106 valence electrons. The van der Waals surface area contributed by atoms with Crippen LogP contribution in [0.25, 0.3) is 0 Å². The van der Waals surface area contributed by atoms with E-state index in [0.717, 1.165) is 5.69 Å². The highest BCUT2D eigenvalue weighted by molar-refractivity contribution is 5.96. The zero-order chi connectivity index (χ0) is 14.4. The Hall–Kier alpha value is -1.75. The predicted molar refractivity (Wildman–Crippen MR) is 78.2 cm³/mol. The number of carbonyl (C=O) groups excluding carboxylic acids is 1. The van der Waals surface area contributed by atoms with Gasteiger partial charge in [0, 0.05) is 24.8 Å². The normalized spacial score (nSPS) is 13.7. The first-order chi connectivity index (χ1) is 8.99. The van der Waals surface area contributed by atoms with Gasteiger partial charge in [-0.15, -0.1) is 0 Å². The average molecular weight is 265 g/mol. The predicted octanol–water partition coefficient (Wildman–Crippen LogP) is 1.45. The molecule has 5 N–H and O–H groups in total. The molecule has 0 saturated carbocycles. The molecule has 1 aromatic carbocycles. The third-order valence-electron chi connectivity index (χ3n) is 3.18. The standard InChI is InChI=1S/C14H23N3O2/c1-4-16-14(19)11-5-6-13(12(15)7-11)17-10(3)9(2)8-18/h5-7,9-10,17-18H,4,8,15H2,1-3H3,(H,16,19). The molecular weight excluding hydrogens is 242 g/mol. The largest absolute Gasteiger partial charge is 0.397 e. The molecule has 0 bridgehead atoms. The van der Waals surface area contributed by atoms with Gasteiger partial charge >= 0.3 is 0 Å². The topological polar surface area (TPSA) is 87.4 Å². The molecule has 0 aromatic heterocycles. The average Bonchev–Trinajstić information content (AvgIpc) is 2.40. The van der Waals surface area contributed by atoms with E-state index in [9.17, 15) is 4.79 Å². The van der Waals surface area contributed by atoms with Crippen LogP contribution in [0.2, 0.25) is 0 Å². The Balaban J connectivity index is 2.80. The Bertz CT molecular complexity index is 435. The van der Waals surface area contributed by atoms with Crippen molar-refractivity contribution in [3.8, 4) is 0 Å². The van der Waals surface area contributed by atoms with Crippen LogP contribution in [-0.4, -0.2) is 30.2 Å². The van der Waals surface area contributed by atoms with Crippen molar-refractivity contribution in [3.63, 3.8) is 0 Å². The molecule has 0 saturated heterocycles. The van der Waals surface area contributed by atoms with Gasteiger partial charge in [-0.3, -0.25) is 4.79 Å². The van der Waals surface area contributed by atoms with Crippen LogP contribution < -0.4 is 16.4 Å². The molecule has 0 aliphatic rings. The van der Waals surface area contributed by atoms with Crippen molar-refractivity contribution in [3.05, 3.63) is 23.8 Å². The molecule has 2 atom stereocenters. The summed E-state index contributed by atoms with van der Waals surface area (Å²) in [6.07, 6.45) is 0. The second kappa shape index (κ2) is 6.99. The maximum absolute atomic E-state index is 11.7. The number of amides is 1. The third kappa shape index (κ3) is 4.13. The first kappa shape index (κ1) is 15.3. The molecule has 1 rings (SSSR count). The zero-order valence-electron chi connectivity index (χ0n) is 11.7. The van der Waals surface area contributed by atoms with Gasteiger partial charge in [0.15, 0.2) is 0 Å². The fraction of sp³-hybridized carbons (Fsp3) is 0.500. The van der Waals surface area contributed by atoms with Gasteiger partial charge in [-0.2, -0.15) is 0 Å². The Morgan fingerprint density at radius 1 is 1.42 bits per heavy atom. The van der Waals surface area contributed by atoms with E-state index in [-0.39, 0.29) is 24.5 Å². The zero-order valence-corrected chi connectivity index (χ0v) is 11.7. The molecule has 2 unspecified atom stereocenters. The second-order valence-electron chi connectivity index (χ2n) is 4.75. The molecule has 0 radical (unpaired) electrons. The smallest absolute Gasteiger partial charge is 0.251 e. The van der Waals surface area contributed by atoms with Crippen molar-refractivity contribution in [1.82, 2.24) is 5.32 Å². The van der Waals surface area contributed by atoms with Gasteiger partial charge in [0.1, 0.15) is 0 Å². The summed E-state index contributed by atoms with van der Waals surface area (Å²) >= 11 is 0. The van der Waals surface area contributed by atoms with Gasteiger partial charge < -0.3 is 21.5 Å². The van der Waals surface area contributed by atoms with E-state index in [2.05, 4.69) is 10.6 Å². The SMILES string of the molecule is CCNC(=O)c1ccc(NC(C)C(C)CO)c(N)c1. The fourth-order valence-corrected chi connectivity index (χ4v) is 1.64. The van der Waals surface area contributed by atoms with E-state index in [4.69, 9.17) is 10.8 Å². The van der Waals surface area contributed by atoms with Gasteiger partial charge in [-0.25, -0.2) is 0 Å². The van der Waals surface area contributed by atoms with Crippen LogP contribution in [0.1, 0.15) is 31.1 Å². The summed E-state index contributed by atoms with van der Waals surface area (Å²) in [5, 5.41) is 15.1. The third-order valence-corrected chi connectivity index (χ3v) is 3.18. The van der Waals surface area contributed by atoms with Crippen molar-refractivity contribution >= 4 is 17.3 Å². The number of nitrogen functional groups attached to an aromatic ring is 1. The molecule has 0 fully saturated rings. The molecule has 0 aliphatic heterocycles. The Kier molecular flexibility index (Phi) is 5.63. The Morgan fingerprint density at radius 2 is 2.11 bits per heavy atom. The summed E-state index contributed by atoms with van der Waals surface area (Å²) in [5.41, 5.74) is 7.80.